The zero-order valence-corrected chi connectivity index (χ0v) is 16.4. The van der Waals surface area contributed by atoms with Gasteiger partial charge in [0.25, 0.3) is 5.91 Å². The van der Waals surface area contributed by atoms with Crippen LogP contribution in [0, 0.1) is 0 Å². The summed E-state index contributed by atoms with van der Waals surface area (Å²) < 4.78 is 24.7. The lowest BCUT2D eigenvalue weighted by atomic mass is 9.74. The number of carbonyl (C=O) groups is 2. The van der Waals surface area contributed by atoms with Gasteiger partial charge in [-0.15, -0.1) is 0 Å². The number of alkyl halides is 1. The maximum Gasteiger partial charge on any atom is 0.259 e. The Labute approximate surface area is 164 Å². The number of amides is 2. The van der Waals surface area contributed by atoms with Crippen LogP contribution in [0.4, 0.5) is 4.39 Å². The molecule has 0 bridgehead atoms. The predicted octanol–water partition coefficient (Wildman–Crippen LogP) is 2.35. The van der Waals surface area contributed by atoms with Crippen molar-refractivity contribution in [2.75, 3.05) is 26.2 Å². The van der Waals surface area contributed by atoms with Gasteiger partial charge >= 0.3 is 0 Å². The SMILES string of the molecule is CCc1nocc1C(=O)N1CC(CC(=O)N2CCCC(F)C2)OCC12CCC2. The van der Waals surface area contributed by atoms with Gasteiger partial charge in [0.15, 0.2) is 0 Å². The van der Waals surface area contributed by atoms with Gasteiger partial charge in [-0.2, -0.15) is 0 Å². The Hall–Kier alpha value is -1.96. The molecule has 2 atom stereocenters. The molecule has 0 N–H and O–H groups in total. The Morgan fingerprint density at radius 1 is 1.32 bits per heavy atom. The summed E-state index contributed by atoms with van der Waals surface area (Å²) in [6.07, 6.45) is 4.99. The number of ether oxygens (including phenoxy) is 1. The van der Waals surface area contributed by atoms with Crippen LogP contribution >= 0.6 is 0 Å². The van der Waals surface area contributed by atoms with E-state index in [9.17, 15) is 14.0 Å². The van der Waals surface area contributed by atoms with Crippen LogP contribution in [0.15, 0.2) is 10.8 Å². The Morgan fingerprint density at radius 3 is 2.82 bits per heavy atom. The molecule has 2 saturated heterocycles. The number of aryl methyl sites for hydroxylation is 1. The van der Waals surface area contributed by atoms with Gasteiger partial charge in [-0.25, -0.2) is 4.39 Å². The molecule has 3 fully saturated rings. The highest BCUT2D eigenvalue weighted by Crippen LogP contribution is 2.42. The number of aromatic nitrogens is 1. The van der Waals surface area contributed by atoms with E-state index in [0.29, 0.717) is 50.2 Å². The van der Waals surface area contributed by atoms with E-state index in [1.807, 2.05) is 11.8 Å². The molecule has 1 aliphatic carbocycles. The smallest absolute Gasteiger partial charge is 0.259 e. The van der Waals surface area contributed by atoms with Crippen LogP contribution in [-0.4, -0.2) is 70.8 Å². The molecule has 0 aromatic carbocycles. The average Bonchev–Trinajstić information content (AvgIpc) is 3.15. The van der Waals surface area contributed by atoms with E-state index in [2.05, 4.69) is 5.16 Å². The van der Waals surface area contributed by atoms with Crippen LogP contribution in [0.5, 0.6) is 0 Å². The monoisotopic (exact) mass is 393 g/mol. The third-order valence-corrected chi connectivity index (χ3v) is 6.40. The van der Waals surface area contributed by atoms with Gasteiger partial charge in [0.05, 0.1) is 36.9 Å². The van der Waals surface area contributed by atoms with Crippen LogP contribution in [0.2, 0.25) is 0 Å². The van der Waals surface area contributed by atoms with E-state index in [-0.39, 0.29) is 36.4 Å². The number of hydrogen-bond acceptors (Lipinski definition) is 5. The van der Waals surface area contributed by atoms with Crippen LogP contribution in [-0.2, 0) is 16.0 Å². The molecule has 154 valence electrons. The standard InChI is InChI=1S/C20H28FN3O4/c1-2-17-16(12-28-22-17)19(26)24-11-15(27-13-20(24)6-4-7-20)9-18(25)23-8-3-5-14(21)10-23/h12,14-15H,2-11,13H2,1H3. The first-order valence-electron chi connectivity index (χ1n) is 10.3. The van der Waals surface area contributed by atoms with E-state index in [1.165, 1.54) is 6.26 Å². The summed E-state index contributed by atoms with van der Waals surface area (Å²) in [5.41, 5.74) is 0.867. The molecular weight excluding hydrogens is 365 g/mol. The van der Waals surface area contributed by atoms with Crippen molar-refractivity contribution in [1.29, 1.82) is 0 Å². The third kappa shape index (κ3) is 3.54. The van der Waals surface area contributed by atoms with E-state index >= 15 is 0 Å². The van der Waals surface area contributed by atoms with Crippen LogP contribution in [0.1, 0.15) is 61.5 Å². The Bertz CT molecular complexity index is 733. The third-order valence-electron chi connectivity index (χ3n) is 6.40. The molecular formula is C20H28FN3O4. The summed E-state index contributed by atoms with van der Waals surface area (Å²) >= 11 is 0. The lowest BCUT2D eigenvalue weighted by molar-refractivity contribution is -0.148. The summed E-state index contributed by atoms with van der Waals surface area (Å²) in [4.78, 5) is 29.3. The number of piperidine rings is 1. The number of hydrogen-bond donors (Lipinski definition) is 0. The summed E-state index contributed by atoms with van der Waals surface area (Å²) in [6, 6.07) is 0. The Morgan fingerprint density at radius 2 is 2.14 bits per heavy atom. The van der Waals surface area contributed by atoms with Crippen molar-refractivity contribution >= 4 is 11.8 Å². The molecule has 1 saturated carbocycles. The number of likely N-dealkylation sites (tertiary alicyclic amines) is 1. The predicted molar refractivity (Wildman–Crippen MR) is 98.6 cm³/mol. The van der Waals surface area contributed by atoms with E-state index in [4.69, 9.17) is 9.26 Å². The minimum Gasteiger partial charge on any atom is -0.373 e. The van der Waals surface area contributed by atoms with Gasteiger partial charge in [0, 0.05) is 13.1 Å². The van der Waals surface area contributed by atoms with Crippen molar-refractivity contribution in [3.8, 4) is 0 Å². The topological polar surface area (TPSA) is 75.9 Å². The number of morpholine rings is 1. The first-order chi connectivity index (χ1) is 13.5. The van der Waals surface area contributed by atoms with E-state index in [1.54, 1.807) is 4.90 Å². The number of rotatable bonds is 4. The summed E-state index contributed by atoms with van der Waals surface area (Å²) in [6.45, 7) is 3.50. The van der Waals surface area contributed by atoms with Crippen molar-refractivity contribution < 1.29 is 23.2 Å². The fourth-order valence-electron chi connectivity index (χ4n) is 4.53. The molecule has 28 heavy (non-hydrogen) atoms. The summed E-state index contributed by atoms with van der Waals surface area (Å²) in [5.74, 6) is -0.191. The highest BCUT2D eigenvalue weighted by atomic mass is 19.1. The molecule has 3 heterocycles. The molecule has 1 spiro atoms. The minimum absolute atomic E-state index is 0.0940. The van der Waals surface area contributed by atoms with Gasteiger partial charge in [0.2, 0.25) is 5.91 Å². The van der Waals surface area contributed by atoms with Crippen LogP contribution in [0.25, 0.3) is 0 Å². The number of halogens is 1. The Balaban J connectivity index is 1.46. The molecule has 3 aliphatic rings. The Kier molecular flexibility index (Phi) is 5.40. The second-order valence-corrected chi connectivity index (χ2v) is 8.24. The van der Waals surface area contributed by atoms with Crippen LogP contribution < -0.4 is 0 Å². The van der Waals surface area contributed by atoms with Crippen molar-refractivity contribution in [1.82, 2.24) is 15.0 Å². The zero-order chi connectivity index (χ0) is 19.7. The quantitative estimate of drug-likeness (QED) is 0.785. The number of nitrogens with zero attached hydrogens (tertiary/aromatic N) is 3. The molecule has 1 aromatic rings. The fraction of sp³-hybridized carbons (Fsp3) is 0.750. The lowest BCUT2D eigenvalue weighted by Crippen LogP contribution is -2.65. The maximum absolute atomic E-state index is 13.6. The fourth-order valence-corrected chi connectivity index (χ4v) is 4.53. The average molecular weight is 393 g/mol. The largest absolute Gasteiger partial charge is 0.373 e. The van der Waals surface area contributed by atoms with E-state index < -0.39 is 6.17 Å². The van der Waals surface area contributed by atoms with Crippen molar-refractivity contribution in [3.05, 3.63) is 17.5 Å². The van der Waals surface area contributed by atoms with Crippen molar-refractivity contribution in [3.63, 3.8) is 0 Å². The minimum atomic E-state index is -0.942. The first-order valence-corrected chi connectivity index (χ1v) is 10.3. The van der Waals surface area contributed by atoms with Gasteiger partial charge in [0.1, 0.15) is 18.0 Å². The van der Waals surface area contributed by atoms with E-state index in [0.717, 1.165) is 19.3 Å². The van der Waals surface area contributed by atoms with Gasteiger partial charge < -0.3 is 19.1 Å². The highest BCUT2D eigenvalue weighted by molar-refractivity contribution is 5.95. The van der Waals surface area contributed by atoms with Gasteiger partial charge in [-0.05, 0) is 38.5 Å². The second-order valence-electron chi connectivity index (χ2n) is 8.24. The molecule has 8 heteroatoms. The zero-order valence-electron chi connectivity index (χ0n) is 16.4. The summed E-state index contributed by atoms with van der Waals surface area (Å²) in [7, 11) is 0. The molecule has 4 rings (SSSR count). The van der Waals surface area contributed by atoms with Crippen molar-refractivity contribution in [2.24, 2.45) is 0 Å². The van der Waals surface area contributed by atoms with Gasteiger partial charge in [-0.3, -0.25) is 9.59 Å². The molecule has 2 amide bonds. The highest BCUT2D eigenvalue weighted by Gasteiger charge is 2.50. The lowest BCUT2D eigenvalue weighted by Gasteiger charge is -2.54. The molecule has 1 aromatic heterocycles. The second kappa shape index (κ2) is 7.81. The molecule has 2 aliphatic heterocycles. The molecule has 2 unspecified atom stereocenters. The molecule has 0 radical (unpaired) electrons. The molecule has 7 nitrogen and oxygen atoms in total. The van der Waals surface area contributed by atoms with Gasteiger partial charge in [-0.1, -0.05) is 12.1 Å². The number of carbonyl (C=O) groups excluding carboxylic acids is 2. The summed E-state index contributed by atoms with van der Waals surface area (Å²) in [5, 5.41) is 3.93. The first kappa shape index (κ1) is 19.4. The van der Waals surface area contributed by atoms with Crippen LogP contribution in [0.3, 0.4) is 0 Å². The van der Waals surface area contributed by atoms with Crippen molar-refractivity contribution in [2.45, 2.75) is 69.7 Å². The maximum atomic E-state index is 13.6. The normalized spacial score (nSPS) is 26.9.